The van der Waals surface area contributed by atoms with Crippen LogP contribution in [0.15, 0.2) is 96.7 Å². The van der Waals surface area contributed by atoms with Gasteiger partial charge in [0.05, 0.1) is 0 Å². The molecule has 0 saturated carbocycles. The van der Waals surface area contributed by atoms with Crippen LogP contribution in [0.4, 0.5) is 5.69 Å². The molecular weight excluding hydrogens is 454 g/mol. The number of halogens is 1. The predicted octanol–water partition coefficient (Wildman–Crippen LogP) is 7.35. The van der Waals surface area contributed by atoms with E-state index >= 15 is 0 Å². The summed E-state index contributed by atoms with van der Waals surface area (Å²) in [5, 5.41) is 16.5. The summed E-state index contributed by atoms with van der Waals surface area (Å²) >= 11 is 6.08. The first-order valence-corrected chi connectivity index (χ1v) is 11.6. The van der Waals surface area contributed by atoms with Crippen LogP contribution in [0.5, 0.6) is 0 Å². The molecule has 0 aliphatic carbocycles. The Labute approximate surface area is 208 Å². The van der Waals surface area contributed by atoms with Crippen molar-refractivity contribution in [1.29, 1.82) is 5.26 Å². The van der Waals surface area contributed by atoms with Crippen LogP contribution >= 0.6 is 11.6 Å². The van der Waals surface area contributed by atoms with Crippen LogP contribution in [0.3, 0.4) is 0 Å². The molecule has 0 spiro atoms. The van der Waals surface area contributed by atoms with Crippen molar-refractivity contribution in [1.82, 2.24) is 4.57 Å². The summed E-state index contributed by atoms with van der Waals surface area (Å²) in [6.07, 6.45) is 3.65. The zero-order valence-corrected chi connectivity index (χ0v) is 19.9. The van der Waals surface area contributed by atoms with Crippen molar-refractivity contribution < 1.29 is 4.79 Å². The van der Waals surface area contributed by atoms with Crippen molar-refractivity contribution in [2.75, 3.05) is 5.32 Å². The maximum Gasteiger partial charge on any atom is 0.266 e. The molecule has 1 N–H and O–H groups in total. The quantitative estimate of drug-likeness (QED) is 0.213. The zero-order valence-electron chi connectivity index (χ0n) is 19.1. The van der Waals surface area contributed by atoms with Crippen molar-refractivity contribution in [2.24, 2.45) is 0 Å². The van der Waals surface area contributed by atoms with E-state index in [1.807, 2.05) is 49.5 Å². The Morgan fingerprint density at radius 2 is 1.74 bits per heavy atom. The first kappa shape index (κ1) is 22.5. The van der Waals surface area contributed by atoms with Crippen LogP contribution in [0.2, 0.25) is 5.02 Å². The molecule has 5 rings (SSSR count). The molecule has 0 bridgehead atoms. The number of amides is 1. The number of aromatic nitrogens is 1. The SMILES string of the molecule is Cc1ccc(Cl)cc1NC(=O)C(C#N)=Cc1cn(Cc2cccc3ccccc23)c2ccccc12. The summed E-state index contributed by atoms with van der Waals surface area (Å²) in [7, 11) is 0. The van der Waals surface area contributed by atoms with Crippen LogP contribution in [0, 0.1) is 18.3 Å². The number of nitriles is 1. The molecule has 1 amide bonds. The minimum Gasteiger partial charge on any atom is -0.342 e. The summed E-state index contributed by atoms with van der Waals surface area (Å²) in [5.74, 6) is -0.469. The minimum atomic E-state index is -0.469. The molecule has 4 aromatic carbocycles. The fourth-order valence-corrected chi connectivity index (χ4v) is 4.53. The monoisotopic (exact) mass is 475 g/mol. The zero-order chi connectivity index (χ0) is 24.4. The Bertz CT molecular complexity index is 1650. The number of benzene rings is 4. The highest BCUT2D eigenvalue weighted by Gasteiger charge is 2.14. The number of nitrogens with one attached hydrogen (secondary N) is 1. The van der Waals surface area contributed by atoms with E-state index < -0.39 is 5.91 Å². The molecule has 5 aromatic rings. The second kappa shape index (κ2) is 9.50. The van der Waals surface area contributed by atoms with Crippen molar-refractivity contribution in [2.45, 2.75) is 13.5 Å². The fraction of sp³-hybridized carbons (Fsp3) is 0.0667. The second-order valence-electron chi connectivity index (χ2n) is 8.45. The van der Waals surface area contributed by atoms with Gasteiger partial charge in [-0.15, -0.1) is 0 Å². The smallest absolute Gasteiger partial charge is 0.266 e. The van der Waals surface area contributed by atoms with Crippen molar-refractivity contribution in [3.05, 3.63) is 118 Å². The Hall–Kier alpha value is -4.33. The number of rotatable bonds is 5. The summed E-state index contributed by atoms with van der Waals surface area (Å²) in [6.45, 7) is 2.55. The number of anilines is 1. The van der Waals surface area contributed by atoms with Crippen LogP contribution in [0.1, 0.15) is 16.7 Å². The van der Waals surface area contributed by atoms with Gasteiger partial charge in [-0.1, -0.05) is 78.3 Å². The fourth-order valence-electron chi connectivity index (χ4n) is 4.36. The molecule has 0 unspecified atom stereocenters. The molecule has 170 valence electrons. The lowest BCUT2D eigenvalue weighted by Gasteiger charge is -2.09. The third kappa shape index (κ3) is 4.55. The molecule has 0 radical (unpaired) electrons. The summed E-state index contributed by atoms with van der Waals surface area (Å²) in [4.78, 5) is 12.9. The summed E-state index contributed by atoms with van der Waals surface area (Å²) in [5.41, 5.74) is 4.53. The van der Waals surface area contributed by atoms with Crippen molar-refractivity contribution in [3.8, 4) is 6.07 Å². The maximum absolute atomic E-state index is 12.9. The van der Waals surface area contributed by atoms with E-state index in [4.69, 9.17) is 11.6 Å². The van der Waals surface area contributed by atoms with E-state index in [-0.39, 0.29) is 5.57 Å². The van der Waals surface area contributed by atoms with Crippen molar-refractivity contribution in [3.63, 3.8) is 0 Å². The van der Waals surface area contributed by atoms with Crippen LogP contribution in [0.25, 0.3) is 27.8 Å². The van der Waals surface area contributed by atoms with Gasteiger partial charge in [-0.3, -0.25) is 4.79 Å². The Morgan fingerprint density at radius 1 is 1.00 bits per heavy atom. The van der Waals surface area contributed by atoms with E-state index in [0.717, 1.165) is 22.0 Å². The van der Waals surface area contributed by atoms with E-state index in [2.05, 4.69) is 52.4 Å². The second-order valence-corrected chi connectivity index (χ2v) is 8.89. The van der Waals surface area contributed by atoms with Crippen LogP contribution in [-0.4, -0.2) is 10.5 Å². The molecule has 0 atom stereocenters. The van der Waals surface area contributed by atoms with E-state index in [0.29, 0.717) is 17.3 Å². The summed E-state index contributed by atoms with van der Waals surface area (Å²) in [6, 6.07) is 30.0. The molecule has 1 aromatic heterocycles. The molecule has 0 fully saturated rings. The van der Waals surface area contributed by atoms with Gasteiger partial charge in [-0.2, -0.15) is 5.26 Å². The number of carbonyl (C=O) groups is 1. The number of aryl methyl sites for hydroxylation is 1. The summed E-state index contributed by atoms with van der Waals surface area (Å²) < 4.78 is 2.16. The van der Waals surface area contributed by atoms with Gasteiger partial charge in [0, 0.05) is 39.9 Å². The largest absolute Gasteiger partial charge is 0.342 e. The molecule has 5 heteroatoms. The number of hydrogen-bond acceptors (Lipinski definition) is 2. The third-order valence-corrected chi connectivity index (χ3v) is 6.39. The Balaban J connectivity index is 1.52. The maximum atomic E-state index is 12.9. The van der Waals surface area contributed by atoms with Gasteiger partial charge in [0.25, 0.3) is 5.91 Å². The number of para-hydroxylation sites is 1. The van der Waals surface area contributed by atoms with Gasteiger partial charge < -0.3 is 9.88 Å². The molecular formula is C30H22ClN3O. The van der Waals surface area contributed by atoms with Gasteiger partial charge in [0.2, 0.25) is 0 Å². The van der Waals surface area contributed by atoms with Gasteiger partial charge in [0.1, 0.15) is 11.6 Å². The molecule has 35 heavy (non-hydrogen) atoms. The number of fused-ring (bicyclic) bond motifs is 2. The lowest BCUT2D eigenvalue weighted by molar-refractivity contribution is -0.112. The van der Waals surface area contributed by atoms with Crippen molar-refractivity contribution >= 4 is 50.9 Å². The Kier molecular flexibility index (Phi) is 6.10. The number of hydrogen-bond donors (Lipinski definition) is 1. The first-order chi connectivity index (χ1) is 17.0. The van der Waals surface area contributed by atoms with E-state index in [1.54, 1.807) is 18.2 Å². The number of nitrogens with zero attached hydrogens (tertiary/aromatic N) is 2. The standard InChI is InChI=1S/C30H22ClN3O/c1-20-13-14-25(31)16-28(20)33-30(35)23(17-32)15-24-19-34(29-12-5-4-11-27(24)29)18-22-9-6-8-21-7-2-3-10-26(21)22/h2-16,19H,18H2,1H3,(H,33,35). The highest BCUT2D eigenvalue weighted by atomic mass is 35.5. The van der Waals surface area contributed by atoms with Gasteiger partial charge in [-0.25, -0.2) is 0 Å². The molecule has 1 heterocycles. The van der Waals surface area contributed by atoms with E-state index in [1.165, 1.54) is 16.3 Å². The first-order valence-electron chi connectivity index (χ1n) is 11.3. The Morgan fingerprint density at radius 3 is 2.57 bits per heavy atom. The third-order valence-electron chi connectivity index (χ3n) is 6.15. The average molecular weight is 476 g/mol. The lowest BCUT2D eigenvalue weighted by atomic mass is 10.0. The lowest BCUT2D eigenvalue weighted by Crippen LogP contribution is -2.14. The highest BCUT2D eigenvalue weighted by molar-refractivity contribution is 6.31. The van der Waals surface area contributed by atoms with Gasteiger partial charge >= 0.3 is 0 Å². The topological polar surface area (TPSA) is 57.8 Å². The normalized spacial score (nSPS) is 11.5. The molecule has 0 saturated heterocycles. The van der Waals surface area contributed by atoms with Gasteiger partial charge in [0.15, 0.2) is 0 Å². The number of carbonyl (C=O) groups excluding carboxylic acids is 1. The molecule has 4 nitrogen and oxygen atoms in total. The van der Waals surface area contributed by atoms with Crippen LogP contribution < -0.4 is 5.32 Å². The van der Waals surface area contributed by atoms with E-state index in [9.17, 15) is 10.1 Å². The molecule has 0 aliphatic rings. The van der Waals surface area contributed by atoms with Crippen LogP contribution in [-0.2, 0) is 11.3 Å². The highest BCUT2D eigenvalue weighted by Crippen LogP contribution is 2.27. The van der Waals surface area contributed by atoms with Gasteiger partial charge in [-0.05, 0) is 53.1 Å². The molecule has 0 aliphatic heterocycles. The average Bonchev–Trinajstić information content (AvgIpc) is 3.22. The minimum absolute atomic E-state index is 0.0254. The predicted molar refractivity (Wildman–Crippen MR) is 143 cm³/mol.